The molecule has 5 rings (SSSR count). The van der Waals surface area contributed by atoms with Crippen molar-refractivity contribution in [2.24, 2.45) is 0 Å². The zero-order valence-corrected chi connectivity index (χ0v) is 16.0. The Morgan fingerprint density at radius 1 is 1.14 bits per heavy atom. The van der Waals surface area contributed by atoms with Crippen molar-refractivity contribution in [1.82, 2.24) is 23.1 Å². The Kier molecular flexibility index (Phi) is 4.16. The molecule has 0 amide bonds. The molecule has 4 heterocycles. The van der Waals surface area contributed by atoms with Crippen molar-refractivity contribution in [3.63, 3.8) is 0 Å². The van der Waals surface area contributed by atoms with Crippen LogP contribution in [0.5, 0.6) is 0 Å². The van der Waals surface area contributed by atoms with E-state index in [1.807, 2.05) is 18.2 Å². The molecule has 0 spiro atoms. The van der Waals surface area contributed by atoms with E-state index in [0.29, 0.717) is 22.4 Å². The van der Waals surface area contributed by atoms with E-state index in [0.717, 1.165) is 4.26 Å². The molecule has 3 N–H and O–H groups in total. The first-order valence-corrected chi connectivity index (χ1v) is 10.1. The number of benzene rings is 1. The molecule has 4 aromatic rings. The van der Waals surface area contributed by atoms with Crippen molar-refractivity contribution < 1.29 is 20.1 Å². The summed E-state index contributed by atoms with van der Waals surface area (Å²) in [5.41, 5.74) is 0.612. The van der Waals surface area contributed by atoms with E-state index in [-0.39, 0.29) is 20.3 Å². The molecule has 144 valence electrons. The summed E-state index contributed by atoms with van der Waals surface area (Å²) < 4.78 is 9.60. The fourth-order valence-corrected chi connectivity index (χ4v) is 5.48. The summed E-state index contributed by atoms with van der Waals surface area (Å²) in [5, 5.41) is 30.2. The average molecular weight is 448 g/mol. The van der Waals surface area contributed by atoms with Gasteiger partial charge in [0.05, 0.1) is 0 Å². The van der Waals surface area contributed by atoms with Crippen molar-refractivity contribution in [2.75, 3.05) is 6.61 Å². The van der Waals surface area contributed by atoms with Crippen LogP contribution < -0.4 is 5.56 Å². The van der Waals surface area contributed by atoms with Crippen LogP contribution in [-0.2, 0) is 4.74 Å². The minimum atomic E-state index is -1.25. The molecule has 0 aliphatic carbocycles. The number of aromatic nitrogens is 5. The number of aliphatic hydroxyl groups is 3. The van der Waals surface area contributed by atoms with Crippen molar-refractivity contribution in [3.05, 3.63) is 47.3 Å². The normalized spacial score (nSPS) is 25.1. The number of ether oxygens (including phenoxy) is 1. The molecule has 28 heavy (non-hydrogen) atoms. The number of rotatable bonds is 3. The van der Waals surface area contributed by atoms with Gasteiger partial charge in [0.2, 0.25) is 0 Å². The van der Waals surface area contributed by atoms with Crippen molar-refractivity contribution in [3.8, 4) is 5.82 Å². The standard InChI is InChI=1S/C17H15N5O5Se/c23-5-9-12(24)13(25)17(27-9)21-7-20-11-14(21)18-6-19-15(11)22-16(26)8-3-1-2-4-10(8)28-22/h1-4,6-7,9,12-13,17,23-25H,5H2/t9-,12-,13-,17-/m1/s1. The molecule has 11 heteroatoms. The van der Waals surface area contributed by atoms with Gasteiger partial charge in [-0.05, 0) is 0 Å². The van der Waals surface area contributed by atoms with E-state index < -0.39 is 31.1 Å². The molecule has 1 aliphatic heterocycles. The van der Waals surface area contributed by atoms with Crippen LogP contribution in [-0.4, -0.2) is 78.1 Å². The van der Waals surface area contributed by atoms with Crippen molar-refractivity contribution in [2.45, 2.75) is 24.5 Å². The summed E-state index contributed by atoms with van der Waals surface area (Å²) in [6.07, 6.45) is -1.61. The second-order valence-electron chi connectivity index (χ2n) is 6.44. The van der Waals surface area contributed by atoms with Gasteiger partial charge in [-0.2, -0.15) is 0 Å². The number of fused-ring (bicyclic) bond motifs is 2. The fraction of sp³-hybridized carbons (Fsp3) is 0.294. The van der Waals surface area contributed by atoms with Gasteiger partial charge in [0, 0.05) is 0 Å². The van der Waals surface area contributed by atoms with Gasteiger partial charge < -0.3 is 0 Å². The third kappa shape index (κ3) is 2.49. The molecule has 1 aromatic carbocycles. The quantitative estimate of drug-likeness (QED) is 0.333. The zero-order valence-electron chi connectivity index (χ0n) is 14.3. The average Bonchev–Trinajstić information content (AvgIpc) is 3.37. The molecule has 0 unspecified atom stereocenters. The van der Waals surface area contributed by atoms with E-state index in [4.69, 9.17) is 4.74 Å². The maximum atomic E-state index is 12.8. The molecular formula is C17H15N5O5Se. The van der Waals surface area contributed by atoms with Gasteiger partial charge in [-0.15, -0.1) is 0 Å². The molecule has 0 radical (unpaired) electrons. The summed E-state index contributed by atoms with van der Waals surface area (Å²) in [6.45, 7) is -0.426. The van der Waals surface area contributed by atoms with Gasteiger partial charge in [-0.3, -0.25) is 0 Å². The Bertz CT molecular complexity index is 1230. The third-order valence-electron chi connectivity index (χ3n) is 4.81. The maximum absolute atomic E-state index is 12.8. The monoisotopic (exact) mass is 449 g/mol. The van der Waals surface area contributed by atoms with Crippen LogP contribution in [0.2, 0.25) is 0 Å². The molecule has 1 aliphatic rings. The van der Waals surface area contributed by atoms with Gasteiger partial charge in [0.15, 0.2) is 0 Å². The van der Waals surface area contributed by atoms with Gasteiger partial charge in [0.25, 0.3) is 0 Å². The van der Waals surface area contributed by atoms with Crippen molar-refractivity contribution in [1.29, 1.82) is 0 Å². The summed E-state index contributed by atoms with van der Waals surface area (Å²) in [6, 6.07) is 7.42. The van der Waals surface area contributed by atoms with Crippen LogP contribution in [0.3, 0.4) is 0 Å². The third-order valence-corrected chi connectivity index (χ3v) is 7.07. The number of hydrogen-bond donors (Lipinski definition) is 3. The van der Waals surface area contributed by atoms with E-state index in [1.54, 1.807) is 9.63 Å². The van der Waals surface area contributed by atoms with E-state index in [2.05, 4.69) is 15.0 Å². The van der Waals surface area contributed by atoms with Crippen LogP contribution in [0, 0.1) is 0 Å². The van der Waals surface area contributed by atoms with Crippen LogP contribution >= 0.6 is 0 Å². The molecule has 0 saturated carbocycles. The van der Waals surface area contributed by atoms with E-state index >= 15 is 0 Å². The minimum absolute atomic E-state index is 0.141. The first-order chi connectivity index (χ1) is 13.6. The second-order valence-corrected chi connectivity index (χ2v) is 8.51. The van der Waals surface area contributed by atoms with Crippen LogP contribution in [0.4, 0.5) is 0 Å². The van der Waals surface area contributed by atoms with Gasteiger partial charge in [-0.1, -0.05) is 0 Å². The molecule has 4 atom stereocenters. The molecule has 10 nitrogen and oxygen atoms in total. The topological polar surface area (TPSA) is 136 Å². The summed E-state index contributed by atoms with van der Waals surface area (Å²) in [7, 11) is 0. The molecule has 1 saturated heterocycles. The first-order valence-electron chi connectivity index (χ1n) is 8.51. The molecule has 1 fully saturated rings. The van der Waals surface area contributed by atoms with Gasteiger partial charge in [-0.25, -0.2) is 0 Å². The van der Waals surface area contributed by atoms with Crippen molar-refractivity contribution >= 4 is 35.5 Å². The van der Waals surface area contributed by atoms with Crippen LogP contribution in [0.1, 0.15) is 6.23 Å². The van der Waals surface area contributed by atoms with E-state index in [1.165, 1.54) is 17.2 Å². The zero-order chi connectivity index (χ0) is 19.4. The first kappa shape index (κ1) is 17.7. The number of aliphatic hydroxyl groups excluding tert-OH is 3. The molecule has 0 bridgehead atoms. The van der Waals surface area contributed by atoms with Gasteiger partial charge in [0.1, 0.15) is 0 Å². The predicted octanol–water partition coefficient (Wildman–Crippen LogP) is -1.20. The predicted molar refractivity (Wildman–Crippen MR) is 98.4 cm³/mol. The Hall–Kier alpha value is -2.40. The second kappa shape index (κ2) is 6.59. The SMILES string of the molecule is O=c1c2ccccc2[se]n1-c1ncnc2c1ncn2[C@@H]1O[C@H](CO)[C@@H](O)[C@H]1O. The Labute approximate surface area is 163 Å². The van der Waals surface area contributed by atoms with Crippen LogP contribution in [0.15, 0.2) is 41.7 Å². The number of hydrogen-bond acceptors (Lipinski definition) is 8. The summed E-state index contributed by atoms with van der Waals surface area (Å²) in [5.74, 6) is 0.386. The van der Waals surface area contributed by atoms with E-state index in [9.17, 15) is 20.1 Å². The Morgan fingerprint density at radius 2 is 1.96 bits per heavy atom. The molecule has 3 aromatic heterocycles. The number of imidazole rings is 1. The fourth-order valence-electron chi connectivity index (χ4n) is 3.40. The molecular weight excluding hydrogens is 433 g/mol. The summed E-state index contributed by atoms with van der Waals surface area (Å²) >= 11 is -0.277. The number of nitrogens with zero attached hydrogens (tertiary/aromatic N) is 5. The van der Waals surface area contributed by atoms with Crippen LogP contribution in [0.25, 0.3) is 26.6 Å². The Morgan fingerprint density at radius 3 is 2.71 bits per heavy atom. The Balaban J connectivity index is 1.66. The van der Waals surface area contributed by atoms with Gasteiger partial charge >= 0.3 is 163 Å². The summed E-state index contributed by atoms with van der Waals surface area (Å²) in [4.78, 5) is 25.6.